The molecule has 0 aromatic carbocycles. The highest BCUT2D eigenvalue weighted by Crippen LogP contribution is 2.11. The molecule has 0 bridgehead atoms. The fourth-order valence-electron chi connectivity index (χ4n) is 1.35. The maximum Gasteiger partial charge on any atom is 0.0252 e. The van der Waals surface area contributed by atoms with Gasteiger partial charge in [0.15, 0.2) is 0 Å². The van der Waals surface area contributed by atoms with Gasteiger partial charge < -0.3 is 5.32 Å². The van der Waals surface area contributed by atoms with E-state index in [0.717, 1.165) is 6.04 Å². The minimum Gasteiger partial charge on any atom is -0.308 e. The van der Waals surface area contributed by atoms with Gasteiger partial charge in [-0.2, -0.15) is 0 Å². The molecule has 0 aromatic rings. The molecule has 0 saturated carbocycles. The van der Waals surface area contributed by atoms with E-state index in [9.17, 15) is 0 Å². The van der Waals surface area contributed by atoms with Crippen molar-refractivity contribution >= 4 is 0 Å². The molecule has 1 fully saturated rings. The second kappa shape index (κ2) is 3.02. The van der Waals surface area contributed by atoms with Crippen molar-refractivity contribution in [1.29, 1.82) is 0 Å². The van der Waals surface area contributed by atoms with Crippen molar-refractivity contribution in [3.8, 4) is 0 Å². The zero-order valence-electron chi connectivity index (χ0n) is 6.22. The molecule has 1 heteroatoms. The van der Waals surface area contributed by atoms with Crippen molar-refractivity contribution in [2.75, 3.05) is 0 Å². The molecule has 2 atom stereocenters. The third-order valence-corrected chi connectivity index (χ3v) is 1.83. The fraction of sp³-hybridized carbons (Fsp3) is 0.750. The van der Waals surface area contributed by atoms with E-state index in [1.807, 2.05) is 0 Å². The number of rotatable bonds is 1. The van der Waals surface area contributed by atoms with Crippen molar-refractivity contribution in [2.45, 2.75) is 38.8 Å². The summed E-state index contributed by atoms with van der Waals surface area (Å²) in [6.07, 6.45) is 7.00. The van der Waals surface area contributed by atoms with Crippen molar-refractivity contribution < 1.29 is 0 Å². The smallest absolute Gasteiger partial charge is 0.0252 e. The molecule has 0 amide bonds. The molecule has 0 aliphatic carbocycles. The quantitative estimate of drug-likeness (QED) is 0.526. The van der Waals surface area contributed by atoms with Gasteiger partial charge >= 0.3 is 0 Å². The molecule has 0 unspecified atom stereocenters. The number of nitrogens with one attached hydrogen (secondary N) is 1. The van der Waals surface area contributed by atoms with E-state index in [-0.39, 0.29) is 0 Å². The first-order valence-corrected chi connectivity index (χ1v) is 3.72. The first kappa shape index (κ1) is 6.81. The van der Waals surface area contributed by atoms with Gasteiger partial charge in [-0.15, -0.1) is 0 Å². The monoisotopic (exact) mass is 125 g/mol. The number of allylic oxidation sites excluding steroid dienone is 1. The summed E-state index contributed by atoms with van der Waals surface area (Å²) in [5, 5.41) is 3.47. The van der Waals surface area contributed by atoms with Crippen LogP contribution in [0.1, 0.15) is 26.7 Å². The molecule has 1 aliphatic heterocycles. The average Bonchev–Trinajstić information content (AvgIpc) is 2.17. The standard InChI is InChI=1S/C8H15N/c1-3-4-8-6-5-7(2)9-8/h3-4,7-9H,5-6H2,1-2H3/b4-3+/t7-,8+/m0/s1. The Morgan fingerprint density at radius 3 is 2.67 bits per heavy atom. The summed E-state index contributed by atoms with van der Waals surface area (Å²) in [5.74, 6) is 0. The Morgan fingerprint density at radius 1 is 1.44 bits per heavy atom. The van der Waals surface area contributed by atoms with Gasteiger partial charge in [0.2, 0.25) is 0 Å². The molecular weight excluding hydrogens is 110 g/mol. The summed E-state index contributed by atoms with van der Waals surface area (Å²) in [6.45, 7) is 4.31. The van der Waals surface area contributed by atoms with Gasteiger partial charge in [-0.3, -0.25) is 0 Å². The highest BCUT2D eigenvalue weighted by molar-refractivity contribution is 4.96. The molecule has 0 aromatic heterocycles. The fourth-order valence-corrected chi connectivity index (χ4v) is 1.35. The van der Waals surface area contributed by atoms with Crippen molar-refractivity contribution in [2.24, 2.45) is 0 Å². The summed E-state index contributed by atoms with van der Waals surface area (Å²) in [4.78, 5) is 0. The lowest BCUT2D eigenvalue weighted by Crippen LogP contribution is -2.24. The van der Waals surface area contributed by atoms with Crippen LogP contribution < -0.4 is 5.32 Å². The maximum absolute atomic E-state index is 3.47. The Kier molecular flexibility index (Phi) is 2.29. The largest absolute Gasteiger partial charge is 0.308 e. The molecule has 1 saturated heterocycles. The summed E-state index contributed by atoms with van der Waals surface area (Å²) in [7, 11) is 0. The molecule has 1 rings (SSSR count). The minimum atomic E-state index is 0.657. The molecular formula is C8H15N. The Bertz CT molecular complexity index is 107. The molecule has 1 nitrogen and oxygen atoms in total. The van der Waals surface area contributed by atoms with Crippen LogP contribution in [0.3, 0.4) is 0 Å². The van der Waals surface area contributed by atoms with Crippen LogP contribution in [0.5, 0.6) is 0 Å². The van der Waals surface area contributed by atoms with Gasteiger partial charge in [-0.25, -0.2) is 0 Å². The molecule has 9 heavy (non-hydrogen) atoms. The molecule has 0 spiro atoms. The first-order valence-electron chi connectivity index (χ1n) is 3.72. The van der Waals surface area contributed by atoms with Gasteiger partial charge in [0.25, 0.3) is 0 Å². The molecule has 0 radical (unpaired) electrons. The molecule has 1 heterocycles. The summed E-state index contributed by atoms with van der Waals surface area (Å²) >= 11 is 0. The Labute approximate surface area is 57.1 Å². The van der Waals surface area contributed by atoms with Crippen LogP contribution in [0.25, 0.3) is 0 Å². The zero-order chi connectivity index (χ0) is 6.69. The third kappa shape index (κ3) is 1.83. The second-order valence-electron chi connectivity index (χ2n) is 2.78. The molecule has 1 N–H and O–H groups in total. The van der Waals surface area contributed by atoms with E-state index in [1.54, 1.807) is 0 Å². The van der Waals surface area contributed by atoms with Gasteiger partial charge in [0.05, 0.1) is 0 Å². The van der Waals surface area contributed by atoms with E-state index >= 15 is 0 Å². The van der Waals surface area contributed by atoms with Gasteiger partial charge in [0, 0.05) is 12.1 Å². The van der Waals surface area contributed by atoms with Crippen molar-refractivity contribution in [3.05, 3.63) is 12.2 Å². The minimum absolute atomic E-state index is 0.657. The van der Waals surface area contributed by atoms with Gasteiger partial charge in [0.1, 0.15) is 0 Å². The highest BCUT2D eigenvalue weighted by atomic mass is 15.0. The average molecular weight is 125 g/mol. The maximum atomic E-state index is 3.47. The van der Waals surface area contributed by atoms with E-state index < -0.39 is 0 Å². The van der Waals surface area contributed by atoms with E-state index in [1.165, 1.54) is 12.8 Å². The SMILES string of the molecule is C/C=C/[C@@H]1CC[C@H](C)N1. The highest BCUT2D eigenvalue weighted by Gasteiger charge is 2.16. The van der Waals surface area contributed by atoms with Crippen LogP contribution in [0.15, 0.2) is 12.2 Å². The van der Waals surface area contributed by atoms with E-state index in [2.05, 4.69) is 31.3 Å². The van der Waals surface area contributed by atoms with Crippen LogP contribution in [0.4, 0.5) is 0 Å². The van der Waals surface area contributed by atoms with Crippen molar-refractivity contribution in [3.63, 3.8) is 0 Å². The number of hydrogen-bond acceptors (Lipinski definition) is 1. The lowest BCUT2D eigenvalue weighted by Gasteiger charge is -2.04. The first-order chi connectivity index (χ1) is 4.33. The summed E-state index contributed by atoms with van der Waals surface area (Å²) in [6, 6.07) is 1.39. The van der Waals surface area contributed by atoms with Crippen LogP contribution in [-0.4, -0.2) is 12.1 Å². The lowest BCUT2D eigenvalue weighted by molar-refractivity contribution is 0.627. The van der Waals surface area contributed by atoms with E-state index in [0.29, 0.717) is 6.04 Å². The molecule has 52 valence electrons. The van der Waals surface area contributed by atoms with Gasteiger partial charge in [-0.1, -0.05) is 12.2 Å². The number of hydrogen-bond donors (Lipinski definition) is 1. The Hall–Kier alpha value is -0.300. The lowest BCUT2D eigenvalue weighted by atomic mass is 10.2. The zero-order valence-corrected chi connectivity index (χ0v) is 6.22. The predicted octanol–water partition coefficient (Wildman–Crippen LogP) is 1.70. The van der Waals surface area contributed by atoms with Crippen molar-refractivity contribution in [1.82, 2.24) is 5.32 Å². The predicted molar refractivity (Wildman–Crippen MR) is 40.4 cm³/mol. The normalized spacial score (nSPS) is 36.2. The van der Waals surface area contributed by atoms with Crippen LogP contribution in [-0.2, 0) is 0 Å². The topological polar surface area (TPSA) is 12.0 Å². The van der Waals surface area contributed by atoms with Crippen LogP contribution >= 0.6 is 0 Å². The third-order valence-electron chi connectivity index (χ3n) is 1.83. The summed E-state index contributed by atoms with van der Waals surface area (Å²) in [5.41, 5.74) is 0. The van der Waals surface area contributed by atoms with Gasteiger partial charge in [-0.05, 0) is 26.7 Å². The Balaban J connectivity index is 2.30. The summed E-state index contributed by atoms with van der Waals surface area (Å²) < 4.78 is 0. The van der Waals surface area contributed by atoms with E-state index in [4.69, 9.17) is 0 Å². The second-order valence-corrected chi connectivity index (χ2v) is 2.78. The Morgan fingerprint density at radius 2 is 2.22 bits per heavy atom. The molecule has 1 aliphatic rings. The van der Waals surface area contributed by atoms with Crippen LogP contribution in [0.2, 0.25) is 0 Å². The van der Waals surface area contributed by atoms with Crippen LogP contribution in [0, 0.1) is 0 Å².